The summed E-state index contributed by atoms with van der Waals surface area (Å²) >= 11 is 0. The molecule has 0 aliphatic carbocycles. The van der Waals surface area contributed by atoms with Crippen molar-refractivity contribution in [3.63, 3.8) is 0 Å². The van der Waals surface area contributed by atoms with Gasteiger partial charge in [0.15, 0.2) is 0 Å². The highest BCUT2D eigenvalue weighted by molar-refractivity contribution is 5.88. The molecule has 0 atom stereocenters. The molecule has 0 aromatic heterocycles. The van der Waals surface area contributed by atoms with Crippen LogP contribution in [0.2, 0.25) is 0 Å². The van der Waals surface area contributed by atoms with Crippen molar-refractivity contribution in [2.75, 3.05) is 6.54 Å². The Balaban J connectivity index is 4.15. The van der Waals surface area contributed by atoms with Crippen LogP contribution in [0, 0.1) is 5.41 Å². The lowest BCUT2D eigenvalue weighted by atomic mass is 9.88. The van der Waals surface area contributed by atoms with Gasteiger partial charge in [0.2, 0.25) is 5.91 Å². The zero-order valence-corrected chi connectivity index (χ0v) is 14.4. The second-order valence-corrected chi connectivity index (χ2v) is 8.21. The molecule has 0 unspecified atom stereocenters. The second kappa shape index (κ2) is 6.70. The van der Waals surface area contributed by atoms with Crippen LogP contribution in [0.25, 0.3) is 0 Å². The molecule has 0 bridgehead atoms. The summed E-state index contributed by atoms with van der Waals surface area (Å²) in [5.41, 5.74) is -0.550. The minimum atomic E-state index is -0.368. The Bertz CT molecular complexity index is 346. The van der Waals surface area contributed by atoms with Gasteiger partial charge in [-0.05, 0) is 34.6 Å². The normalized spacial score (nSPS) is 13.2. The van der Waals surface area contributed by atoms with Crippen molar-refractivity contribution < 1.29 is 9.59 Å². The Labute approximate surface area is 124 Å². The number of hydrogen-bond acceptors (Lipinski definition) is 3. The molecule has 20 heavy (non-hydrogen) atoms. The van der Waals surface area contributed by atoms with Crippen molar-refractivity contribution in [3.8, 4) is 0 Å². The maximum atomic E-state index is 11.8. The number of carbonyl (C=O) groups excluding carboxylic acids is 2. The first-order chi connectivity index (χ1) is 8.73. The smallest absolute Gasteiger partial charge is 0.220 e. The van der Waals surface area contributed by atoms with Gasteiger partial charge in [0.1, 0.15) is 5.78 Å². The summed E-state index contributed by atoms with van der Waals surface area (Å²) in [7, 11) is 0. The molecular formula is C16H32N2O2. The molecule has 4 nitrogen and oxygen atoms in total. The molecule has 0 saturated carbocycles. The number of hydrogen-bond donors (Lipinski definition) is 2. The maximum absolute atomic E-state index is 11.8. The van der Waals surface area contributed by atoms with E-state index in [0.717, 1.165) is 0 Å². The van der Waals surface area contributed by atoms with Gasteiger partial charge in [0, 0.05) is 35.9 Å². The fourth-order valence-electron chi connectivity index (χ4n) is 2.07. The van der Waals surface area contributed by atoms with Crippen LogP contribution in [0.15, 0.2) is 0 Å². The van der Waals surface area contributed by atoms with Crippen LogP contribution in [0.3, 0.4) is 0 Å². The molecule has 0 aliphatic rings. The average Bonchev–Trinajstić information content (AvgIpc) is 2.18. The van der Waals surface area contributed by atoms with Crippen LogP contribution in [-0.4, -0.2) is 29.3 Å². The highest BCUT2D eigenvalue weighted by atomic mass is 16.2. The van der Waals surface area contributed by atoms with Crippen LogP contribution in [0.1, 0.15) is 68.2 Å². The molecule has 4 heteroatoms. The standard InChI is InChI=1S/C16H32N2O2/c1-14(2,3)12(19)9-10-13(20)17-11-16(7,8)18-15(4,5)6/h18H,9-11H2,1-8H3,(H,17,20). The van der Waals surface area contributed by atoms with E-state index in [1.165, 1.54) is 0 Å². The lowest BCUT2D eigenvalue weighted by Crippen LogP contribution is -2.55. The predicted molar refractivity (Wildman–Crippen MR) is 83.7 cm³/mol. The Morgan fingerprint density at radius 3 is 1.75 bits per heavy atom. The first kappa shape index (κ1) is 19.1. The molecule has 0 aliphatic heterocycles. The number of ketones is 1. The van der Waals surface area contributed by atoms with Crippen molar-refractivity contribution in [1.29, 1.82) is 0 Å². The van der Waals surface area contributed by atoms with Gasteiger partial charge in [-0.2, -0.15) is 0 Å². The summed E-state index contributed by atoms with van der Waals surface area (Å²) in [6, 6.07) is 0. The molecule has 0 aromatic carbocycles. The van der Waals surface area contributed by atoms with Crippen molar-refractivity contribution in [1.82, 2.24) is 10.6 Å². The third kappa shape index (κ3) is 9.08. The van der Waals surface area contributed by atoms with E-state index in [2.05, 4.69) is 45.3 Å². The van der Waals surface area contributed by atoms with E-state index >= 15 is 0 Å². The molecule has 118 valence electrons. The lowest BCUT2D eigenvalue weighted by Gasteiger charge is -2.35. The summed E-state index contributed by atoms with van der Waals surface area (Å²) in [4.78, 5) is 23.6. The number of Topliss-reactive ketones (excluding diaryl/α,β-unsaturated/α-hetero) is 1. The number of nitrogens with one attached hydrogen (secondary N) is 2. The Morgan fingerprint density at radius 1 is 0.850 bits per heavy atom. The predicted octanol–water partition coefficient (Wildman–Crippen LogP) is 2.66. The van der Waals surface area contributed by atoms with Crippen molar-refractivity contribution >= 4 is 11.7 Å². The van der Waals surface area contributed by atoms with Gasteiger partial charge in [0.05, 0.1) is 0 Å². The van der Waals surface area contributed by atoms with E-state index in [4.69, 9.17) is 0 Å². The molecule has 1 amide bonds. The Morgan fingerprint density at radius 2 is 1.35 bits per heavy atom. The topological polar surface area (TPSA) is 58.2 Å². The zero-order chi connectivity index (χ0) is 16.2. The van der Waals surface area contributed by atoms with Crippen molar-refractivity contribution in [3.05, 3.63) is 0 Å². The summed E-state index contributed by atoms with van der Waals surface area (Å²) in [6.45, 7) is 16.6. The molecular weight excluding hydrogens is 252 g/mol. The fraction of sp³-hybridized carbons (Fsp3) is 0.875. The van der Waals surface area contributed by atoms with Crippen LogP contribution in [0.4, 0.5) is 0 Å². The van der Waals surface area contributed by atoms with E-state index in [1.807, 2.05) is 20.8 Å². The van der Waals surface area contributed by atoms with E-state index in [-0.39, 0.29) is 34.6 Å². The largest absolute Gasteiger partial charge is 0.354 e. The monoisotopic (exact) mass is 284 g/mol. The average molecular weight is 284 g/mol. The third-order valence-corrected chi connectivity index (χ3v) is 2.86. The second-order valence-electron chi connectivity index (χ2n) is 8.21. The summed E-state index contributed by atoms with van der Waals surface area (Å²) in [5, 5.41) is 6.36. The summed E-state index contributed by atoms with van der Waals surface area (Å²) in [5.74, 6) is 0.0612. The molecule has 0 rings (SSSR count). The fourth-order valence-corrected chi connectivity index (χ4v) is 2.07. The van der Waals surface area contributed by atoms with E-state index in [9.17, 15) is 9.59 Å². The van der Waals surface area contributed by atoms with Gasteiger partial charge in [-0.15, -0.1) is 0 Å². The molecule has 0 spiro atoms. The van der Waals surface area contributed by atoms with Crippen LogP contribution < -0.4 is 10.6 Å². The lowest BCUT2D eigenvalue weighted by molar-refractivity contribution is -0.129. The van der Waals surface area contributed by atoms with Crippen molar-refractivity contribution in [2.45, 2.75) is 79.3 Å². The Kier molecular flexibility index (Phi) is 6.40. The highest BCUT2D eigenvalue weighted by Gasteiger charge is 2.25. The number of carbonyl (C=O) groups is 2. The number of rotatable bonds is 6. The van der Waals surface area contributed by atoms with E-state index < -0.39 is 0 Å². The van der Waals surface area contributed by atoms with Crippen molar-refractivity contribution in [2.24, 2.45) is 5.41 Å². The molecule has 0 aromatic rings. The Hall–Kier alpha value is -0.900. The van der Waals surface area contributed by atoms with Gasteiger partial charge in [-0.25, -0.2) is 0 Å². The number of amides is 1. The highest BCUT2D eigenvalue weighted by Crippen LogP contribution is 2.17. The molecule has 0 heterocycles. The van der Waals surface area contributed by atoms with E-state index in [1.54, 1.807) is 0 Å². The molecule has 0 radical (unpaired) electrons. The first-order valence-corrected chi connectivity index (χ1v) is 7.32. The van der Waals surface area contributed by atoms with Gasteiger partial charge >= 0.3 is 0 Å². The molecule has 0 fully saturated rings. The van der Waals surface area contributed by atoms with Gasteiger partial charge < -0.3 is 10.6 Å². The maximum Gasteiger partial charge on any atom is 0.220 e. The van der Waals surface area contributed by atoms with Gasteiger partial charge in [0.25, 0.3) is 0 Å². The summed E-state index contributed by atoms with van der Waals surface area (Å²) in [6.07, 6.45) is 0.574. The SMILES string of the molecule is CC(C)(C)NC(C)(C)CNC(=O)CCC(=O)C(C)(C)C. The van der Waals surface area contributed by atoms with Gasteiger partial charge in [-0.1, -0.05) is 20.8 Å². The van der Waals surface area contributed by atoms with Gasteiger partial charge in [-0.3, -0.25) is 9.59 Å². The third-order valence-electron chi connectivity index (χ3n) is 2.86. The minimum Gasteiger partial charge on any atom is -0.354 e. The first-order valence-electron chi connectivity index (χ1n) is 7.32. The van der Waals surface area contributed by atoms with Crippen LogP contribution in [-0.2, 0) is 9.59 Å². The minimum absolute atomic E-state index is 0.00354. The van der Waals surface area contributed by atoms with Crippen LogP contribution in [0.5, 0.6) is 0 Å². The zero-order valence-electron chi connectivity index (χ0n) is 14.4. The van der Waals surface area contributed by atoms with E-state index in [0.29, 0.717) is 13.0 Å². The molecule has 0 saturated heterocycles. The quantitative estimate of drug-likeness (QED) is 0.788. The molecule has 2 N–H and O–H groups in total. The summed E-state index contributed by atoms with van der Waals surface area (Å²) < 4.78 is 0. The van der Waals surface area contributed by atoms with Crippen LogP contribution >= 0.6 is 0 Å².